The van der Waals surface area contributed by atoms with E-state index >= 15 is 0 Å². The van der Waals surface area contributed by atoms with Crippen LogP contribution in [0.2, 0.25) is 0 Å². The van der Waals surface area contributed by atoms with Crippen LogP contribution >= 0.6 is 0 Å². The lowest BCUT2D eigenvalue weighted by atomic mass is 9.92. The maximum Gasteiger partial charge on any atom is 0.151 e. The molecule has 1 aliphatic rings. The molecule has 1 rings (SSSR count). The summed E-state index contributed by atoms with van der Waals surface area (Å²) in [6.45, 7) is 3.37. The van der Waals surface area contributed by atoms with Crippen molar-refractivity contribution in [1.82, 2.24) is 4.90 Å². The Bertz CT molecular complexity index is 311. The fourth-order valence-electron chi connectivity index (χ4n) is 1.84. The number of sulfone groups is 1. The lowest BCUT2D eigenvalue weighted by Crippen LogP contribution is -2.41. The van der Waals surface area contributed by atoms with Crippen LogP contribution in [0.3, 0.4) is 0 Å². The monoisotopic (exact) mass is 251 g/mol. The number of aliphatic hydroxyl groups excluding tert-OH is 2. The average Bonchev–Trinajstić information content (AvgIpc) is 2.40. The Morgan fingerprint density at radius 3 is 2.38 bits per heavy atom. The van der Waals surface area contributed by atoms with Crippen LogP contribution in [-0.4, -0.2) is 67.9 Å². The first-order valence-corrected chi connectivity index (χ1v) is 7.37. The van der Waals surface area contributed by atoms with Gasteiger partial charge >= 0.3 is 0 Å². The van der Waals surface area contributed by atoms with E-state index in [4.69, 9.17) is 0 Å². The lowest BCUT2D eigenvalue weighted by Gasteiger charge is -2.31. The van der Waals surface area contributed by atoms with Crippen molar-refractivity contribution < 1.29 is 18.6 Å². The second kappa shape index (κ2) is 5.44. The molecule has 5 nitrogen and oxygen atoms in total. The predicted molar refractivity (Wildman–Crippen MR) is 62.0 cm³/mol. The predicted octanol–water partition coefficient (Wildman–Crippen LogP) is -0.902. The summed E-state index contributed by atoms with van der Waals surface area (Å²) >= 11 is 0. The van der Waals surface area contributed by atoms with Crippen LogP contribution in [-0.2, 0) is 9.84 Å². The molecule has 0 radical (unpaired) electrons. The number of aliphatic hydroxyl groups is 2. The molecule has 2 N–H and O–H groups in total. The van der Waals surface area contributed by atoms with Gasteiger partial charge in [-0.05, 0) is 13.0 Å². The third kappa shape index (κ3) is 4.01. The van der Waals surface area contributed by atoms with Gasteiger partial charge in [-0.25, -0.2) is 8.42 Å². The van der Waals surface area contributed by atoms with E-state index in [1.54, 1.807) is 6.92 Å². The minimum atomic E-state index is -2.89. The highest BCUT2D eigenvalue weighted by atomic mass is 32.2. The molecule has 96 valence electrons. The average molecular weight is 251 g/mol. The molecule has 6 heteroatoms. The molecule has 0 spiro atoms. The molecule has 0 aromatic carbocycles. The summed E-state index contributed by atoms with van der Waals surface area (Å²) in [6, 6.07) is 0. The summed E-state index contributed by atoms with van der Waals surface area (Å²) in [5, 5.41) is 18.4. The normalized spacial score (nSPS) is 22.9. The van der Waals surface area contributed by atoms with E-state index in [1.165, 1.54) is 0 Å². The van der Waals surface area contributed by atoms with E-state index < -0.39 is 15.3 Å². The van der Waals surface area contributed by atoms with E-state index in [1.807, 2.05) is 4.90 Å². The molecule has 1 saturated heterocycles. The molecule has 0 amide bonds. The van der Waals surface area contributed by atoms with Crippen molar-refractivity contribution in [1.29, 1.82) is 0 Å². The highest BCUT2D eigenvalue weighted by molar-refractivity contribution is 7.91. The molecule has 0 aromatic heterocycles. The first-order valence-electron chi connectivity index (χ1n) is 5.55. The Morgan fingerprint density at radius 2 is 1.81 bits per heavy atom. The summed E-state index contributed by atoms with van der Waals surface area (Å²) in [4.78, 5) is 2.01. The van der Waals surface area contributed by atoms with Crippen LogP contribution in [0.4, 0.5) is 0 Å². The summed E-state index contributed by atoms with van der Waals surface area (Å²) < 4.78 is 22.8. The van der Waals surface area contributed by atoms with Crippen molar-refractivity contribution in [2.75, 3.05) is 44.4 Å². The number of nitrogens with zero attached hydrogens (tertiary/aromatic N) is 1. The molecule has 0 unspecified atom stereocenters. The second-order valence-electron chi connectivity index (χ2n) is 4.91. The number of rotatable bonds is 4. The second-order valence-corrected chi connectivity index (χ2v) is 7.21. The zero-order valence-electron chi connectivity index (χ0n) is 9.72. The van der Waals surface area contributed by atoms with Gasteiger partial charge < -0.3 is 15.1 Å². The van der Waals surface area contributed by atoms with Crippen molar-refractivity contribution in [2.24, 2.45) is 5.41 Å². The molecule has 1 fully saturated rings. The van der Waals surface area contributed by atoms with Gasteiger partial charge in [0.05, 0.1) is 24.7 Å². The maximum atomic E-state index is 11.4. The molecule has 0 saturated carbocycles. The van der Waals surface area contributed by atoms with Gasteiger partial charge in [0.25, 0.3) is 0 Å². The largest absolute Gasteiger partial charge is 0.396 e. The van der Waals surface area contributed by atoms with Gasteiger partial charge in [-0.1, -0.05) is 6.92 Å². The summed E-state index contributed by atoms with van der Waals surface area (Å²) in [5.74, 6) is 0.429. The first kappa shape index (κ1) is 13.9. The smallest absolute Gasteiger partial charge is 0.151 e. The Balaban J connectivity index is 2.56. The third-order valence-electron chi connectivity index (χ3n) is 3.02. The van der Waals surface area contributed by atoms with Crippen molar-refractivity contribution in [3.05, 3.63) is 0 Å². The summed E-state index contributed by atoms with van der Waals surface area (Å²) in [6.07, 6.45) is 0.634. The summed E-state index contributed by atoms with van der Waals surface area (Å²) in [7, 11) is -2.89. The van der Waals surface area contributed by atoms with Crippen molar-refractivity contribution in [2.45, 2.75) is 13.3 Å². The van der Waals surface area contributed by atoms with Crippen molar-refractivity contribution in [3.63, 3.8) is 0 Å². The van der Waals surface area contributed by atoms with Gasteiger partial charge in [0.15, 0.2) is 9.84 Å². The lowest BCUT2D eigenvalue weighted by molar-refractivity contribution is 0.0372. The molecule has 1 aliphatic heterocycles. The van der Waals surface area contributed by atoms with Crippen LogP contribution < -0.4 is 0 Å². The van der Waals surface area contributed by atoms with Crippen LogP contribution in [0, 0.1) is 5.41 Å². The topological polar surface area (TPSA) is 77.8 Å². The quantitative estimate of drug-likeness (QED) is 0.677. The SMILES string of the molecule is CC(CO)(CO)CN1CCCS(=O)(=O)CC1. The van der Waals surface area contributed by atoms with Gasteiger partial charge in [-0.15, -0.1) is 0 Å². The van der Waals surface area contributed by atoms with Gasteiger partial charge in [-0.3, -0.25) is 0 Å². The van der Waals surface area contributed by atoms with Crippen LogP contribution in [0.25, 0.3) is 0 Å². The fourth-order valence-corrected chi connectivity index (χ4v) is 3.15. The van der Waals surface area contributed by atoms with Gasteiger partial charge in [0, 0.05) is 18.5 Å². The van der Waals surface area contributed by atoms with Gasteiger partial charge in [0.1, 0.15) is 0 Å². The standard InChI is InChI=1S/C10H21NO4S/c1-10(8-12,9-13)7-11-3-2-5-16(14,15)6-4-11/h12-13H,2-9H2,1H3. The Labute approximate surface area is 97.0 Å². The molecule has 0 aliphatic carbocycles. The van der Waals surface area contributed by atoms with Crippen LogP contribution in [0.5, 0.6) is 0 Å². The van der Waals surface area contributed by atoms with Crippen molar-refractivity contribution in [3.8, 4) is 0 Å². The van der Waals surface area contributed by atoms with Crippen LogP contribution in [0.15, 0.2) is 0 Å². The van der Waals surface area contributed by atoms with Gasteiger partial charge in [0.2, 0.25) is 0 Å². The van der Waals surface area contributed by atoms with Crippen molar-refractivity contribution >= 4 is 9.84 Å². The van der Waals surface area contributed by atoms with Crippen LogP contribution in [0.1, 0.15) is 13.3 Å². The fraction of sp³-hybridized carbons (Fsp3) is 1.00. The Hall–Kier alpha value is -0.170. The molecular formula is C10H21NO4S. The van der Waals surface area contributed by atoms with E-state index in [0.29, 0.717) is 19.5 Å². The molecule has 0 bridgehead atoms. The Morgan fingerprint density at radius 1 is 1.19 bits per heavy atom. The molecule has 0 aromatic rings. The van der Waals surface area contributed by atoms with E-state index in [0.717, 1.165) is 6.54 Å². The zero-order valence-corrected chi connectivity index (χ0v) is 10.5. The first-order chi connectivity index (χ1) is 7.41. The van der Waals surface area contributed by atoms with E-state index in [2.05, 4.69) is 0 Å². The Kier molecular flexibility index (Phi) is 4.73. The minimum Gasteiger partial charge on any atom is -0.396 e. The number of hydrogen-bond acceptors (Lipinski definition) is 5. The highest BCUT2D eigenvalue weighted by Gasteiger charge is 2.28. The molecular weight excluding hydrogens is 230 g/mol. The van der Waals surface area contributed by atoms with E-state index in [9.17, 15) is 18.6 Å². The molecule has 1 heterocycles. The van der Waals surface area contributed by atoms with Gasteiger partial charge in [-0.2, -0.15) is 0 Å². The zero-order chi connectivity index (χ0) is 12.2. The number of hydrogen-bond donors (Lipinski definition) is 2. The minimum absolute atomic E-state index is 0.0905. The highest BCUT2D eigenvalue weighted by Crippen LogP contribution is 2.17. The summed E-state index contributed by atoms with van der Waals surface area (Å²) in [5.41, 5.74) is -0.548. The molecule has 0 atom stereocenters. The maximum absolute atomic E-state index is 11.4. The molecule has 16 heavy (non-hydrogen) atoms. The van der Waals surface area contributed by atoms with E-state index in [-0.39, 0.29) is 24.7 Å². The third-order valence-corrected chi connectivity index (χ3v) is 4.73.